The van der Waals surface area contributed by atoms with E-state index in [4.69, 9.17) is 5.26 Å². The molecule has 0 bridgehead atoms. The lowest BCUT2D eigenvalue weighted by molar-refractivity contribution is 0.584. The van der Waals surface area contributed by atoms with Crippen molar-refractivity contribution in [3.05, 3.63) is 54.1 Å². The molecule has 0 spiro atoms. The predicted octanol–water partition coefficient (Wildman–Crippen LogP) is 1.79. The fraction of sp³-hybridized carbons (Fsp3) is 0.133. The summed E-state index contributed by atoms with van der Waals surface area (Å²) in [5.74, 6) is 0. The lowest BCUT2D eigenvalue weighted by Gasteiger charge is -2.21. The molecule has 120 valence electrons. The summed E-state index contributed by atoms with van der Waals surface area (Å²) in [4.78, 5) is -0.560. The van der Waals surface area contributed by atoms with Crippen LogP contribution in [0, 0.1) is 11.3 Å². The summed E-state index contributed by atoms with van der Waals surface area (Å²) in [6.07, 6.45) is 0.956. The van der Waals surface area contributed by atoms with E-state index in [0.29, 0.717) is 5.56 Å². The number of hydrogen-bond donors (Lipinski definition) is 0. The van der Waals surface area contributed by atoms with Crippen LogP contribution in [0.3, 0.4) is 0 Å². The zero-order valence-corrected chi connectivity index (χ0v) is 14.1. The minimum absolute atomic E-state index is 0.261. The van der Waals surface area contributed by atoms with Gasteiger partial charge in [-0.25, -0.2) is 16.8 Å². The highest BCUT2D eigenvalue weighted by Gasteiger charge is 2.27. The Kier molecular flexibility index (Phi) is 4.45. The van der Waals surface area contributed by atoms with Crippen molar-refractivity contribution >= 4 is 25.5 Å². The van der Waals surface area contributed by atoms with Crippen molar-refractivity contribution in [2.24, 2.45) is 0 Å². The zero-order valence-electron chi connectivity index (χ0n) is 12.5. The van der Waals surface area contributed by atoms with E-state index in [2.05, 4.69) is 0 Å². The highest BCUT2D eigenvalue weighted by atomic mass is 32.2. The quantitative estimate of drug-likeness (QED) is 0.837. The molecule has 2 rings (SSSR count). The van der Waals surface area contributed by atoms with Crippen LogP contribution >= 0.6 is 0 Å². The van der Waals surface area contributed by atoms with Gasteiger partial charge in [-0.1, -0.05) is 18.2 Å². The van der Waals surface area contributed by atoms with Gasteiger partial charge in [0, 0.05) is 13.3 Å². The molecule has 23 heavy (non-hydrogen) atoms. The van der Waals surface area contributed by atoms with Crippen molar-refractivity contribution in [1.29, 1.82) is 5.26 Å². The smallest absolute Gasteiger partial charge is 0.265 e. The van der Waals surface area contributed by atoms with Crippen molar-refractivity contribution in [3.8, 4) is 6.07 Å². The Morgan fingerprint density at radius 3 is 2.13 bits per heavy atom. The van der Waals surface area contributed by atoms with Crippen LogP contribution in [0.5, 0.6) is 0 Å². The standard InChI is InChI=1S/C15H14N2O4S2/c1-17(13-7-5-6-12(10-13)11-16)23(20,21)15-9-4-3-8-14(15)22(2,18)19/h3-10H,1-2H3. The molecular weight excluding hydrogens is 336 g/mol. The van der Waals surface area contributed by atoms with Gasteiger partial charge in [0.2, 0.25) is 0 Å². The lowest BCUT2D eigenvalue weighted by atomic mass is 10.2. The third-order valence-electron chi connectivity index (χ3n) is 3.23. The molecule has 2 aromatic rings. The van der Waals surface area contributed by atoms with E-state index >= 15 is 0 Å². The fourth-order valence-electron chi connectivity index (χ4n) is 2.03. The third-order valence-corrected chi connectivity index (χ3v) is 6.35. The first-order valence-corrected chi connectivity index (χ1v) is 9.79. The van der Waals surface area contributed by atoms with Gasteiger partial charge in [-0.05, 0) is 30.3 Å². The number of hydrogen-bond acceptors (Lipinski definition) is 5. The topological polar surface area (TPSA) is 95.3 Å². The van der Waals surface area contributed by atoms with E-state index in [1.165, 1.54) is 43.4 Å². The molecule has 0 atom stereocenters. The Morgan fingerprint density at radius 1 is 0.957 bits per heavy atom. The number of benzene rings is 2. The normalized spacial score (nSPS) is 11.7. The SMILES string of the molecule is CN(c1cccc(C#N)c1)S(=O)(=O)c1ccccc1S(C)(=O)=O. The van der Waals surface area contributed by atoms with Gasteiger partial charge in [-0.2, -0.15) is 5.26 Å². The summed E-state index contributed by atoms with van der Waals surface area (Å²) in [7, 11) is -6.48. The van der Waals surface area contributed by atoms with Gasteiger partial charge in [-0.15, -0.1) is 0 Å². The molecule has 0 amide bonds. The molecular formula is C15H14N2O4S2. The summed E-state index contributed by atoms with van der Waals surface area (Å²) in [6.45, 7) is 0. The van der Waals surface area contributed by atoms with Crippen LogP contribution in [0.4, 0.5) is 5.69 Å². The molecule has 0 fully saturated rings. The van der Waals surface area contributed by atoms with Crippen molar-refractivity contribution in [2.45, 2.75) is 9.79 Å². The van der Waals surface area contributed by atoms with E-state index in [9.17, 15) is 16.8 Å². The Balaban J connectivity index is 2.62. The molecule has 0 aliphatic carbocycles. The molecule has 0 radical (unpaired) electrons. The van der Waals surface area contributed by atoms with Crippen LogP contribution in [-0.2, 0) is 19.9 Å². The number of nitrogens with zero attached hydrogens (tertiary/aromatic N) is 2. The summed E-state index contributed by atoms with van der Waals surface area (Å²) < 4.78 is 50.2. The molecule has 2 aromatic carbocycles. The number of anilines is 1. The maximum Gasteiger partial charge on any atom is 0.265 e. The first kappa shape index (κ1) is 17.0. The molecule has 0 aliphatic heterocycles. The number of sulfonamides is 1. The van der Waals surface area contributed by atoms with Gasteiger partial charge in [0.05, 0.1) is 22.2 Å². The fourth-order valence-corrected chi connectivity index (χ4v) is 4.82. The lowest BCUT2D eigenvalue weighted by Crippen LogP contribution is -2.28. The van der Waals surface area contributed by atoms with Crippen LogP contribution in [-0.4, -0.2) is 30.1 Å². The van der Waals surface area contributed by atoms with Crippen molar-refractivity contribution in [3.63, 3.8) is 0 Å². The van der Waals surface area contributed by atoms with Crippen LogP contribution in [0.15, 0.2) is 58.3 Å². The van der Waals surface area contributed by atoms with Crippen molar-refractivity contribution in [2.75, 3.05) is 17.6 Å². The Morgan fingerprint density at radius 2 is 1.57 bits per heavy atom. The Bertz CT molecular complexity index is 990. The van der Waals surface area contributed by atoms with E-state index in [-0.39, 0.29) is 15.5 Å². The average molecular weight is 350 g/mol. The maximum atomic E-state index is 12.8. The molecule has 0 N–H and O–H groups in total. The van der Waals surface area contributed by atoms with E-state index in [0.717, 1.165) is 10.6 Å². The zero-order chi connectivity index (χ0) is 17.3. The van der Waals surface area contributed by atoms with Crippen LogP contribution in [0.2, 0.25) is 0 Å². The Labute approximate surface area is 135 Å². The van der Waals surface area contributed by atoms with Gasteiger partial charge in [0.15, 0.2) is 9.84 Å². The van der Waals surface area contributed by atoms with E-state index in [1.54, 1.807) is 12.1 Å². The molecule has 0 aliphatic rings. The number of nitriles is 1. The van der Waals surface area contributed by atoms with Crippen molar-refractivity contribution < 1.29 is 16.8 Å². The van der Waals surface area contributed by atoms with Gasteiger partial charge >= 0.3 is 0 Å². The monoisotopic (exact) mass is 350 g/mol. The highest BCUT2D eigenvalue weighted by Crippen LogP contribution is 2.27. The second-order valence-electron chi connectivity index (χ2n) is 4.85. The second-order valence-corrected chi connectivity index (χ2v) is 8.78. The third kappa shape index (κ3) is 3.36. The first-order chi connectivity index (χ1) is 10.7. The van der Waals surface area contributed by atoms with Crippen molar-refractivity contribution in [1.82, 2.24) is 0 Å². The summed E-state index contributed by atoms with van der Waals surface area (Å²) in [6, 6.07) is 13.4. The predicted molar refractivity (Wildman–Crippen MR) is 86.3 cm³/mol. The molecule has 0 heterocycles. The maximum absolute atomic E-state index is 12.8. The Hall–Kier alpha value is -2.37. The number of rotatable bonds is 4. The molecule has 0 saturated heterocycles. The summed E-state index contributed by atoms with van der Waals surface area (Å²) in [5.41, 5.74) is 0.577. The highest BCUT2D eigenvalue weighted by molar-refractivity contribution is 7.95. The van der Waals surface area contributed by atoms with Gasteiger partial charge in [0.25, 0.3) is 10.0 Å². The molecule has 6 nitrogen and oxygen atoms in total. The van der Waals surface area contributed by atoms with Crippen LogP contribution < -0.4 is 4.31 Å². The molecule has 8 heteroatoms. The molecule has 0 unspecified atom stereocenters. The largest absolute Gasteiger partial charge is 0.269 e. The summed E-state index contributed by atoms with van der Waals surface area (Å²) in [5, 5.41) is 8.92. The average Bonchev–Trinajstić information content (AvgIpc) is 2.53. The van der Waals surface area contributed by atoms with Gasteiger partial charge < -0.3 is 0 Å². The van der Waals surface area contributed by atoms with E-state index in [1.807, 2.05) is 6.07 Å². The minimum Gasteiger partial charge on any atom is -0.269 e. The molecule has 0 saturated carbocycles. The minimum atomic E-state index is -4.09. The van der Waals surface area contributed by atoms with E-state index < -0.39 is 19.9 Å². The number of sulfone groups is 1. The summed E-state index contributed by atoms with van der Waals surface area (Å²) >= 11 is 0. The first-order valence-electron chi connectivity index (χ1n) is 6.46. The van der Waals surface area contributed by atoms with Crippen LogP contribution in [0.1, 0.15) is 5.56 Å². The van der Waals surface area contributed by atoms with Gasteiger partial charge in [-0.3, -0.25) is 4.31 Å². The second kappa shape index (κ2) is 6.02. The van der Waals surface area contributed by atoms with Gasteiger partial charge in [0.1, 0.15) is 4.90 Å². The molecule has 0 aromatic heterocycles. The van der Waals surface area contributed by atoms with Crippen LogP contribution in [0.25, 0.3) is 0 Å².